The number of aromatic nitrogens is 2. The van der Waals surface area contributed by atoms with Gasteiger partial charge in [0.2, 0.25) is 5.78 Å². The van der Waals surface area contributed by atoms with Gasteiger partial charge in [-0.1, -0.05) is 29.8 Å². The monoisotopic (exact) mass is 444 g/mol. The summed E-state index contributed by atoms with van der Waals surface area (Å²) in [5.41, 5.74) is 4.27. The Balaban J connectivity index is 1.85. The number of carbonyl (C=O) groups excluding carboxylic acids is 2. The van der Waals surface area contributed by atoms with E-state index in [1.54, 1.807) is 48.0 Å². The van der Waals surface area contributed by atoms with Gasteiger partial charge < -0.3 is 14.2 Å². The number of benzene rings is 2. The Labute approximate surface area is 191 Å². The topological polar surface area (TPSA) is 79.1 Å². The van der Waals surface area contributed by atoms with Crippen molar-refractivity contribution in [2.24, 2.45) is 0 Å². The van der Waals surface area contributed by atoms with E-state index >= 15 is 0 Å². The average Bonchev–Trinajstić information content (AvgIpc) is 3.22. The number of nitrogens with zero attached hydrogens (tertiary/aromatic N) is 2. The Morgan fingerprint density at radius 1 is 0.939 bits per heavy atom. The number of ether oxygens (including phenoxy) is 3. The summed E-state index contributed by atoms with van der Waals surface area (Å²) >= 11 is 0. The van der Waals surface area contributed by atoms with Crippen molar-refractivity contribution in [3.05, 3.63) is 83.3 Å². The number of aryl methyl sites for hydroxylation is 1. The van der Waals surface area contributed by atoms with Crippen molar-refractivity contribution in [3.8, 4) is 22.8 Å². The maximum atomic E-state index is 13.4. The fourth-order valence-corrected chi connectivity index (χ4v) is 3.65. The molecule has 0 N–H and O–H groups in total. The molecule has 0 radical (unpaired) electrons. The van der Waals surface area contributed by atoms with Gasteiger partial charge in [-0.25, -0.2) is 9.78 Å². The van der Waals surface area contributed by atoms with Crippen molar-refractivity contribution in [1.29, 1.82) is 0 Å². The van der Waals surface area contributed by atoms with E-state index in [1.165, 1.54) is 14.2 Å². The van der Waals surface area contributed by atoms with Crippen molar-refractivity contribution < 1.29 is 23.8 Å². The fourth-order valence-electron chi connectivity index (χ4n) is 3.65. The van der Waals surface area contributed by atoms with Crippen LogP contribution in [0.2, 0.25) is 0 Å². The van der Waals surface area contributed by atoms with Gasteiger partial charge in [0.25, 0.3) is 0 Å². The maximum Gasteiger partial charge on any atom is 0.340 e. The highest BCUT2D eigenvalue weighted by atomic mass is 16.5. The number of esters is 1. The maximum absolute atomic E-state index is 13.4. The van der Waals surface area contributed by atoms with E-state index in [9.17, 15) is 9.59 Å². The van der Waals surface area contributed by atoms with Crippen LogP contribution in [0.15, 0.2) is 60.9 Å². The molecule has 168 valence electrons. The lowest BCUT2D eigenvalue weighted by Crippen LogP contribution is -2.06. The summed E-state index contributed by atoms with van der Waals surface area (Å²) in [5, 5.41) is 0. The van der Waals surface area contributed by atoms with Crippen LogP contribution in [0.25, 0.3) is 16.8 Å². The first-order chi connectivity index (χ1) is 16.0. The Morgan fingerprint density at radius 3 is 2.33 bits per heavy atom. The van der Waals surface area contributed by atoms with Crippen LogP contribution in [0.1, 0.15) is 38.9 Å². The lowest BCUT2D eigenvalue weighted by molar-refractivity contribution is 0.0529. The first-order valence-corrected chi connectivity index (χ1v) is 10.5. The molecule has 4 rings (SSSR count). The lowest BCUT2D eigenvalue weighted by atomic mass is 10.1. The van der Waals surface area contributed by atoms with Crippen molar-refractivity contribution in [1.82, 2.24) is 9.38 Å². The summed E-state index contributed by atoms with van der Waals surface area (Å²) in [6.07, 6.45) is 1.56. The Hall–Kier alpha value is -4.13. The molecule has 0 aliphatic rings. The molecule has 0 fully saturated rings. The predicted octanol–water partition coefficient (Wildman–Crippen LogP) is 4.73. The third-order valence-electron chi connectivity index (χ3n) is 5.38. The summed E-state index contributed by atoms with van der Waals surface area (Å²) < 4.78 is 17.4. The van der Waals surface area contributed by atoms with Gasteiger partial charge in [-0.05, 0) is 44.2 Å². The highest BCUT2D eigenvalue weighted by Gasteiger charge is 2.23. The smallest absolute Gasteiger partial charge is 0.340 e. The quantitative estimate of drug-likeness (QED) is 0.303. The van der Waals surface area contributed by atoms with Crippen LogP contribution >= 0.6 is 0 Å². The standard InChI is InChI=1S/C26H24N2O5/c1-5-33-26(30)19-13-22(25(29)18-10-11-23(31-3)24(12-18)32-4)28-15-27-20(14-21(19)28)17-8-6-16(2)7-9-17/h6-15H,5H2,1-4H3. The summed E-state index contributed by atoms with van der Waals surface area (Å²) in [6.45, 7) is 3.98. The minimum Gasteiger partial charge on any atom is -0.493 e. The van der Waals surface area contributed by atoms with Gasteiger partial charge in [0, 0.05) is 11.1 Å². The minimum atomic E-state index is -0.498. The number of ketones is 1. The highest BCUT2D eigenvalue weighted by molar-refractivity contribution is 6.11. The summed E-state index contributed by atoms with van der Waals surface area (Å²) in [4.78, 5) is 30.7. The number of hydrogen-bond donors (Lipinski definition) is 0. The number of carbonyl (C=O) groups is 2. The van der Waals surface area contributed by atoms with Crippen molar-refractivity contribution in [2.45, 2.75) is 13.8 Å². The molecule has 7 heteroatoms. The third-order valence-corrected chi connectivity index (χ3v) is 5.38. The number of rotatable bonds is 7. The van der Waals surface area contributed by atoms with Gasteiger partial charge in [-0.3, -0.25) is 9.20 Å². The van der Waals surface area contributed by atoms with Gasteiger partial charge >= 0.3 is 5.97 Å². The molecule has 0 amide bonds. The zero-order valence-corrected chi connectivity index (χ0v) is 18.9. The normalized spacial score (nSPS) is 10.8. The first kappa shape index (κ1) is 22.1. The lowest BCUT2D eigenvalue weighted by Gasteiger charge is -2.09. The van der Waals surface area contributed by atoms with Crippen LogP contribution in [-0.2, 0) is 4.74 Å². The highest BCUT2D eigenvalue weighted by Crippen LogP contribution is 2.30. The van der Waals surface area contributed by atoms with Crippen LogP contribution in [0.3, 0.4) is 0 Å². The zero-order chi connectivity index (χ0) is 23.5. The van der Waals surface area contributed by atoms with Gasteiger partial charge in [0.1, 0.15) is 6.33 Å². The number of hydrogen-bond acceptors (Lipinski definition) is 6. The van der Waals surface area contributed by atoms with Crippen molar-refractivity contribution >= 4 is 17.3 Å². The zero-order valence-electron chi connectivity index (χ0n) is 18.9. The Kier molecular flexibility index (Phi) is 6.13. The largest absolute Gasteiger partial charge is 0.493 e. The van der Waals surface area contributed by atoms with Crippen LogP contribution in [0, 0.1) is 6.92 Å². The van der Waals surface area contributed by atoms with Crippen LogP contribution < -0.4 is 9.47 Å². The van der Waals surface area contributed by atoms with E-state index in [4.69, 9.17) is 14.2 Å². The minimum absolute atomic E-state index is 0.227. The molecule has 0 aliphatic heterocycles. The van der Waals surface area contributed by atoms with E-state index in [2.05, 4.69) is 4.98 Å². The van der Waals surface area contributed by atoms with Gasteiger partial charge in [-0.15, -0.1) is 0 Å². The van der Waals surface area contributed by atoms with E-state index < -0.39 is 5.97 Å². The molecule has 0 saturated heterocycles. The van der Waals surface area contributed by atoms with Gasteiger partial charge in [0.15, 0.2) is 11.5 Å². The molecule has 0 unspecified atom stereocenters. The molecule has 2 aromatic carbocycles. The second kappa shape index (κ2) is 9.16. The Morgan fingerprint density at radius 2 is 1.67 bits per heavy atom. The summed E-state index contributed by atoms with van der Waals surface area (Å²) in [5.74, 6) is 0.175. The molecule has 0 spiro atoms. The second-order valence-corrected chi connectivity index (χ2v) is 7.46. The molecule has 2 heterocycles. The molecular formula is C26H24N2O5. The molecule has 0 aliphatic carbocycles. The summed E-state index contributed by atoms with van der Waals surface area (Å²) in [6, 6.07) is 16.2. The fraction of sp³-hybridized carbons (Fsp3) is 0.192. The molecule has 0 atom stereocenters. The van der Waals surface area contributed by atoms with E-state index in [0.717, 1.165) is 11.1 Å². The van der Waals surface area contributed by atoms with Crippen LogP contribution in [-0.4, -0.2) is 42.0 Å². The first-order valence-electron chi connectivity index (χ1n) is 10.5. The second-order valence-electron chi connectivity index (χ2n) is 7.46. The van der Waals surface area contributed by atoms with Crippen LogP contribution in [0.5, 0.6) is 11.5 Å². The SMILES string of the molecule is CCOC(=O)c1cc(C(=O)c2ccc(OC)c(OC)c2)n2cnc(-c3ccc(C)cc3)cc12. The van der Waals surface area contributed by atoms with Gasteiger partial charge in [-0.2, -0.15) is 0 Å². The van der Waals surface area contributed by atoms with E-state index in [-0.39, 0.29) is 12.4 Å². The Bertz CT molecular complexity index is 1340. The average molecular weight is 444 g/mol. The molecule has 33 heavy (non-hydrogen) atoms. The third kappa shape index (κ3) is 4.17. The molecule has 4 aromatic rings. The molecular weight excluding hydrogens is 420 g/mol. The number of methoxy groups -OCH3 is 2. The van der Waals surface area contributed by atoms with Crippen molar-refractivity contribution in [2.75, 3.05) is 20.8 Å². The van der Waals surface area contributed by atoms with Crippen LogP contribution in [0.4, 0.5) is 0 Å². The molecule has 7 nitrogen and oxygen atoms in total. The summed E-state index contributed by atoms with van der Waals surface area (Å²) in [7, 11) is 3.04. The van der Waals surface area contributed by atoms with Crippen molar-refractivity contribution in [3.63, 3.8) is 0 Å². The predicted molar refractivity (Wildman–Crippen MR) is 124 cm³/mol. The van der Waals surface area contributed by atoms with E-state index in [0.29, 0.717) is 39.5 Å². The number of fused-ring (bicyclic) bond motifs is 1. The molecule has 0 saturated carbocycles. The molecule has 2 aromatic heterocycles. The van der Waals surface area contributed by atoms with Gasteiger partial charge in [0.05, 0.1) is 43.3 Å². The van der Waals surface area contributed by atoms with E-state index in [1.807, 2.05) is 31.2 Å². The molecule has 0 bridgehead atoms.